The molecule has 144 valence electrons. The van der Waals surface area contributed by atoms with Crippen molar-refractivity contribution in [1.82, 2.24) is 10.3 Å². The fraction of sp³-hybridized carbons (Fsp3) is 0.120. The molecule has 1 aromatic heterocycles. The lowest BCUT2D eigenvalue weighted by molar-refractivity contribution is 0.0952. The molecule has 0 spiro atoms. The Kier molecular flexibility index (Phi) is 5.25. The van der Waals surface area contributed by atoms with Crippen molar-refractivity contribution in [2.24, 2.45) is 0 Å². The van der Waals surface area contributed by atoms with Crippen LogP contribution in [0.3, 0.4) is 0 Å². The summed E-state index contributed by atoms with van der Waals surface area (Å²) < 4.78 is 5.19. The van der Waals surface area contributed by atoms with Crippen LogP contribution in [-0.4, -0.2) is 18.0 Å². The number of nitrogens with one attached hydrogen (secondary N) is 1. The van der Waals surface area contributed by atoms with Crippen molar-refractivity contribution in [3.05, 3.63) is 95.6 Å². The normalized spacial score (nSPS) is 10.7. The molecule has 0 atom stereocenters. The molecule has 0 aliphatic rings. The number of carbonyl (C=O) groups is 1. The van der Waals surface area contributed by atoms with Gasteiger partial charge in [0.05, 0.1) is 23.9 Å². The number of para-hydroxylation sites is 1. The molecular weight excluding hydrogens is 360 g/mol. The molecule has 0 aliphatic carbocycles. The fourth-order valence-electron chi connectivity index (χ4n) is 3.49. The lowest BCUT2D eigenvalue weighted by Crippen LogP contribution is -2.24. The van der Waals surface area contributed by atoms with Crippen LogP contribution in [0.15, 0.2) is 78.9 Å². The third-order valence-corrected chi connectivity index (χ3v) is 5.02. The van der Waals surface area contributed by atoms with Gasteiger partial charge in [0.25, 0.3) is 5.91 Å². The van der Waals surface area contributed by atoms with Gasteiger partial charge in [0.1, 0.15) is 5.75 Å². The quantitative estimate of drug-likeness (QED) is 0.519. The molecule has 4 nitrogen and oxygen atoms in total. The van der Waals surface area contributed by atoms with Crippen molar-refractivity contribution in [2.45, 2.75) is 13.5 Å². The number of aromatic nitrogens is 1. The Labute approximate surface area is 170 Å². The number of ether oxygens (including phenoxy) is 1. The number of hydrogen-bond donors (Lipinski definition) is 1. The highest BCUT2D eigenvalue weighted by atomic mass is 16.5. The molecule has 0 saturated heterocycles. The molecule has 0 radical (unpaired) electrons. The minimum atomic E-state index is -0.103. The number of rotatable bonds is 5. The molecule has 4 heteroatoms. The van der Waals surface area contributed by atoms with E-state index in [9.17, 15) is 4.79 Å². The molecule has 4 rings (SSSR count). The van der Waals surface area contributed by atoms with Crippen LogP contribution in [0.5, 0.6) is 5.75 Å². The average Bonchev–Trinajstić information content (AvgIpc) is 2.78. The first-order valence-electron chi connectivity index (χ1n) is 9.53. The van der Waals surface area contributed by atoms with E-state index < -0.39 is 0 Å². The van der Waals surface area contributed by atoms with Gasteiger partial charge >= 0.3 is 0 Å². The molecule has 29 heavy (non-hydrogen) atoms. The second kappa shape index (κ2) is 8.15. The van der Waals surface area contributed by atoms with Gasteiger partial charge in [0.15, 0.2) is 0 Å². The van der Waals surface area contributed by atoms with Crippen LogP contribution in [0.4, 0.5) is 0 Å². The van der Waals surface area contributed by atoms with Crippen LogP contribution in [0.1, 0.15) is 21.5 Å². The first-order valence-corrected chi connectivity index (χ1v) is 9.53. The molecule has 1 N–H and O–H groups in total. The lowest BCUT2D eigenvalue weighted by Gasteiger charge is -2.15. The summed E-state index contributed by atoms with van der Waals surface area (Å²) in [5.74, 6) is 0.692. The smallest absolute Gasteiger partial charge is 0.252 e. The fourth-order valence-corrected chi connectivity index (χ4v) is 3.49. The van der Waals surface area contributed by atoms with Crippen LogP contribution in [0.25, 0.3) is 22.2 Å². The van der Waals surface area contributed by atoms with Crippen LogP contribution in [0, 0.1) is 6.92 Å². The molecule has 0 aliphatic heterocycles. The van der Waals surface area contributed by atoms with Crippen LogP contribution < -0.4 is 10.1 Å². The third-order valence-electron chi connectivity index (χ3n) is 5.02. The van der Waals surface area contributed by atoms with Gasteiger partial charge in [-0.1, -0.05) is 60.7 Å². The number of carbonyl (C=O) groups excluding carboxylic acids is 1. The monoisotopic (exact) mass is 382 g/mol. The van der Waals surface area contributed by atoms with E-state index in [1.165, 1.54) is 0 Å². The van der Waals surface area contributed by atoms with Gasteiger partial charge in [-0.05, 0) is 36.2 Å². The summed E-state index contributed by atoms with van der Waals surface area (Å²) in [6, 6.07) is 25.4. The van der Waals surface area contributed by atoms with Crippen molar-refractivity contribution >= 4 is 16.8 Å². The van der Waals surface area contributed by atoms with Crippen LogP contribution in [0.2, 0.25) is 0 Å². The summed E-state index contributed by atoms with van der Waals surface area (Å²) in [6.45, 7) is 2.41. The van der Waals surface area contributed by atoms with E-state index in [1.54, 1.807) is 7.11 Å². The van der Waals surface area contributed by atoms with E-state index >= 15 is 0 Å². The van der Waals surface area contributed by atoms with Crippen LogP contribution in [-0.2, 0) is 6.54 Å². The van der Waals surface area contributed by atoms with Crippen molar-refractivity contribution < 1.29 is 9.53 Å². The number of nitrogens with zero attached hydrogens (tertiary/aromatic N) is 1. The molecule has 1 heterocycles. The zero-order chi connectivity index (χ0) is 20.2. The average molecular weight is 382 g/mol. The molecule has 3 aromatic carbocycles. The largest absolute Gasteiger partial charge is 0.497 e. The van der Waals surface area contributed by atoms with Gasteiger partial charge in [-0.25, -0.2) is 4.98 Å². The first kappa shape index (κ1) is 18.7. The maximum absolute atomic E-state index is 13.2. The van der Waals surface area contributed by atoms with E-state index in [0.29, 0.717) is 12.1 Å². The Morgan fingerprint density at radius 3 is 2.34 bits per heavy atom. The molecule has 0 fully saturated rings. The summed E-state index contributed by atoms with van der Waals surface area (Å²) in [4.78, 5) is 18.0. The van der Waals surface area contributed by atoms with Gasteiger partial charge in [0, 0.05) is 17.5 Å². The van der Waals surface area contributed by atoms with E-state index in [2.05, 4.69) is 5.32 Å². The van der Waals surface area contributed by atoms with Gasteiger partial charge in [-0.15, -0.1) is 0 Å². The first-order chi connectivity index (χ1) is 14.2. The molecular formula is C25H22N2O2. The van der Waals surface area contributed by atoms with Gasteiger partial charge in [-0.3, -0.25) is 4.79 Å². The predicted octanol–water partition coefficient (Wildman–Crippen LogP) is 5.15. The summed E-state index contributed by atoms with van der Waals surface area (Å²) >= 11 is 0. The number of amides is 1. The number of pyridine rings is 1. The predicted molar refractivity (Wildman–Crippen MR) is 116 cm³/mol. The van der Waals surface area contributed by atoms with E-state index in [4.69, 9.17) is 9.72 Å². The standard InChI is InChI=1S/C25H22N2O2/c1-17-23(25(28)26-16-18-12-14-20(29-2)15-13-18)21-10-6-7-11-22(21)27-24(17)19-8-4-3-5-9-19/h3-15H,16H2,1-2H3,(H,26,28). The second-order valence-corrected chi connectivity index (χ2v) is 6.87. The van der Waals surface area contributed by atoms with Gasteiger partial charge in [0.2, 0.25) is 0 Å². The number of methoxy groups -OCH3 is 1. The summed E-state index contributed by atoms with van der Waals surface area (Å²) in [5.41, 5.74) is 5.20. The summed E-state index contributed by atoms with van der Waals surface area (Å²) in [7, 11) is 1.64. The minimum absolute atomic E-state index is 0.103. The topological polar surface area (TPSA) is 51.2 Å². The molecule has 1 amide bonds. The van der Waals surface area contributed by atoms with Crippen LogP contribution >= 0.6 is 0 Å². The SMILES string of the molecule is COc1ccc(CNC(=O)c2c(C)c(-c3ccccc3)nc3ccccc23)cc1. The highest BCUT2D eigenvalue weighted by molar-refractivity contribution is 6.08. The van der Waals surface area contributed by atoms with E-state index in [0.717, 1.165) is 39.0 Å². The van der Waals surface area contributed by atoms with E-state index in [1.807, 2.05) is 85.8 Å². The molecule has 0 bridgehead atoms. The highest BCUT2D eigenvalue weighted by Crippen LogP contribution is 2.29. The minimum Gasteiger partial charge on any atom is -0.497 e. The third kappa shape index (κ3) is 3.83. The lowest BCUT2D eigenvalue weighted by atomic mass is 9.97. The van der Waals surface area contributed by atoms with Crippen molar-refractivity contribution in [3.8, 4) is 17.0 Å². The highest BCUT2D eigenvalue weighted by Gasteiger charge is 2.18. The summed E-state index contributed by atoms with van der Waals surface area (Å²) in [6.07, 6.45) is 0. The summed E-state index contributed by atoms with van der Waals surface area (Å²) in [5, 5.41) is 3.92. The molecule has 0 saturated carbocycles. The number of hydrogen-bond acceptors (Lipinski definition) is 3. The maximum Gasteiger partial charge on any atom is 0.252 e. The van der Waals surface area contributed by atoms with Crippen molar-refractivity contribution in [2.75, 3.05) is 7.11 Å². The zero-order valence-electron chi connectivity index (χ0n) is 16.5. The Balaban J connectivity index is 1.71. The van der Waals surface area contributed by atoms with Crippen molar-refractivity contribution in [1.29, 1.82) is 0 Å². The van der Waals surface area contributed by atoms with Crippen molar-refractivity contribution in [3.63, 3.8) is 0 Å². The molecule has 0 unspecified atom stereocenters. The molecule has 4 aromatic rings. The number of fused-ring (bicyclic) bond motifs is 1. The number of benzene rings is 3. The Bertz CT molecular complexity index is 1150. The van der Waals surface area contributed by atoms with Gasteiger partial charge in [-0.2, -0.15) is 0 Å². The second-order valence-electron chi connectivity index (χ2n) is 6.87. The zero-order valence-corrected chi connectivity index (χ0v) is 16.5. The Morgan fingerprint density at radius 2 is 1.62 bits per heavy atom. The van der Waals surface area contributed by atoms with Gasteiger partial charge < -0.3 is 10.1 Å². The Hall–Kier alpha value is -3.66. The Morgan fingerprint density at radius 1 is 0.931 bits per heavy atom. The maximum atomic E-state index is 13.2. The van der Waals surface area contributed by atoms with E-state index in [-0.39, 0.29) is 5.91 Å².